The number of nitrogens with one attached hydrogen (secondary N) is 1. The Labute approximate surface area is 109 Å². The van der Waals surface area contributed by atoms with Crippen molar-refractivity contribution >= 4 is 5.91 Å². The normalized spacial score (nSPS) is 14.1. The fraction of sp³-hybridized carbons (Fsp3) is 0.533. The van der Waals surface area contributed by atoms with E-state index < -0.39 is 0 Å². The van der Waals surface area contributed by atoms with Crippen LogP contribution in [-0.2, 0) is 0 Å². The Bertz CT molecular complexity index is 393. The van der Waals surface area contributed by atoms with E-state index in [9.17, 15) is 9.90 Å². The van der Waals surface area contributed by atoms with Crippen LogP contribution in [-0.4, -0.2) is 23.7 Å². The van der Waals surface area contributed by atoms with Gasteiger partial charge >= 0.3 is 0 Å². The largest absolute Gasteiger partial charge is 0.393 e. The highest BCUT2D eigenvalue weighted by molar-refractivity contribution is 5.94. The lowest BCUT2D eigenvalue weighted by Gasteiger charge is -2.14. The smallest absolute Gasteiger partial charge is 0.251 e. The van der Waals surface area contributed by atoms with E-state index in [4.69, 9.17) is 0 Å². The number of aryl methyl sites for hydroxylation is 2. The summed E-state index contributed by atoms with van der Waals surface area (Å²) >= 11 is 0. The van der Waals surface area contributed by atoms with Gasteiger partial charge in [0.15, 0.2) is 0 Å². The second-order valence-corrected chi connectivity index (χ2v) is 5.28. The van der Waals surface area contributed by atoms with Crippen LogP contribution in [0.2, 0.25) is 0 Å². The molecule has 0 aromatic heterocycles. The van der Waals surface area contributed by atoms with Crippen LogP contribution in [0.4, 0.5) is 0 Å². The van der Waals surface area contributed by atoms with Gasteiger partial charge in [0, 0.05) is 12.1 Å². The molecule has 3 heteroatoms. The molecular weight excluding hydrogens is 226 g/mol. The monoisotopic (exact) mass is 249 g/mol. The minimum Gasteiger partial charge on any atom is -0.393 e. The standard InChI is InChI=1S/C15H23NO2/c1-10-5-11(2)8-14(7-10)15(18)16-9-12(3)6-13(4)17/h5,7-8,12-13,17H,6,9H2,1-4H3,(H,16,18). The third kappa shape index (κ3) is 4.88. The van der Waals surface area contributed by atoms with Crippen molar-refractivity contribution in [3.05, 3.63) is 34.9 Å². The third-order valence-electron chi connectivity index (χ3n) is 2.84. The molecule has 0 aliphatic carbocycles. The van der Waals surface area contributed by atoms with Gasteiger partial charge in [0.2, 0.25) is 0 Å². The van der Waals surface area contributed by atoms with E-state index in [0.29, 0.717) is 18.5 Å². The van der Waals surface area contributed by atoms with Gasteiger partial charge in [-0.15, -0.1) is 0 Å². The van der Waals surface area contributed by atoms with E-state index in [1.165, 1.54) is 0 Å². The van der Waals surface area contributed by atoms with E-state index >= 15 is 0 Å². The van der Waals surface area contributed by atoms with Gasteiger partial charge in [0.25, 0.3) is 5.91 Å². The van der Waals surface area contributed by atoms with Crippen molar-refractivity contribution in [3.8, 4) is 0 Å². The van der Waals surface area contributed by atoms with Crippen LogP contribution in [0.1, 0.15) is 41.8 Å². The fourth-order valence-corrected chi connectivity index (χ4v) is 2.14. The highest BCUT2D eigenvalue weighted by Gasteiger charge is 2.10. The van der Waals surface area contributed by atoms with Gasteiger partial charge in [-0.05, 0) is 45.2 Å². The zero-order valence-electron chi connectivity index (χ0n) is 11.7. The number of rotatable bonds is 5. The lowest BCUT2D eigenvalue weighted by atomic mass is 10.0. The Balaban J connectivity index is 2.55. The number of carbonyl (C=O) groups excluding carboxylic acids is 1. The molecule has 0 heterocycles. The van der Waals surface area contributed by atoms with E-state index in [-0.39, 0.29) is 17.9 Å². The molecule has 1 amide bonds. The maximum atomic E-state index is 12.0. The number of hydrogen-bond acceptors (Lipinski definition) is 2. The highest BCUT2D eigenvalue weighted by Crippen LogP contribution is 2.09. The molecule has 1 aromatic carbocycles. The average molecular weight is 249 g/mol. The van der Waals surface area contributed by atoms with Crippen molar-refractivity contribution < 1.29 is 9.90 Å². The van der Waals surface area contributed by atoms with Gasteiger partial charge in [0.05, 0.1) is 6.10 Å². The molecule has 2 atom stereocenters. The Hall–Kier alpha value is -1.35. The van der Waals surface area contributed by atoms with Crippen molar-refractivity contribution in [1.82, 2.24) is 5.32 Å². The maximum absolute atomic E-state index is 12.0. The van der Waals surface area contributed by atoms with Gasteiger partial charge in [-0.1, -0.05) is 24.1 Å². The number of aliphatic hydroxyl groups is 1. The van der Waals surface area contributed by atoms with Gasteiger partial charge in [-0.25, -0.2) is 0 Å². The number of amides is 1. The maximum Gasteiger partial charge on any atom is 0.251 e. The molecule has 2 unspecified atom stereocenters. The molecule has 3 nitrogen and oxygen atoms in total. The van der Waals surface area contributed by atoms with Gasteiger partial charge in [0.1, 0.15) is 0 Å². The van der Waals surface area contributed by atoms with Crippen molar-refractivity contribution in [1.29, 1.82) is 0 Å². The minimum absolute atomic E-state index is 0.0424. The molecule has 1 aromatic rings. The summed E-state index contributed by atoms with van der Waals surface area (Å²) in [7, 11) is 0. The van der Waals surface area contributed by atoms with Crippen LogP contribution in [0, 0.1) is 19.8 Å². The number of carbonyl (C=O) groups is 1. The molecule has 0 aliphatic rings. The summed E-state index contributed by atoms with van der Waals surface area (Å²) in [6, 6.07) is 5.83. The zero-order valence-corrected chi connectivity index (χ0v) is 11.7. The third-order valence-corrected chi connectivity index (χ3v) is 2.84. The molecule has 0 fully saturated rings. The van der Waals surface area contributed by atoms with Crippen LogP contribution < -0.4 is 5.32 Å². The van der Waals surface area contributed by atoms with Crippen LogP contribution in [0.15, 0.2) is 18.2 Å². The van der Waals surface area contributed by atoms with Crippen LogP contribution in [0.3, 0.4) is 0 Å². The first-order chi connectivity index (χ1) is 8.38. The molecule has 2 N–H and O–H groups in total. The number of hydrogen-bond donors (Lipinski definition) is 2. The summed E-state index contributed by atoms with van der Waals surface area (Å²) < 4.78 is 0. The topological polar surface area (TPSA) is 49.3 Å². The SMILES string of the molecule is Cc1cc(C)cc(C(=O)NCC(C)CC(C)O)c1. The first-order valence-electron chi connectivity index (χ1n) is 6.43. The van der Waals surface area contributed by atoms with E-state index in [2.05, 4.69) is 5.32 Å². The molecule has 18 heavy (non-hydrogen) atoms. The van der Waals surface area contributed by atoms with Gasteiger partial charge in [-0.2, -0.15) is 0 Å². The Kier molecular flexibility index (Phi) is 5.35. The second kappa shape index (κ2) is 6.55. The van der Waals surface area contributed by atoms with Crippen molar-refractivity contribution in [2.45, 2.75) is 40.2 Å². The molecule has 1 rings (SSSR count). The Morgan fingerprint density at radius 2 is 1.78 bits per heavy atom. The zero-order chi connectivity index (χ0) is 13.7. The first-order valence-corrected chi connectivity index (χ1v) is 6.43. The molecule has 0 bridgehead atoms. The lowest BCUT2D eigenvalue weighted by molar-refractivity contribution is 0.0939. The highest BCUT2D eigenvalue weighted by atomic mass is 16.3. The summed E-state index contributed by atoms with van der Waals surface area (Å²) in [5.74, 6) is 0.235. The quantitative estimate of drug-likeness (QED) is 0.842. The Morgan fingerprint density at radius 3 is 2.28 bits per heavy atom. The van der Waals surface area contributed by atoms with Gasteiger partial charge < -0.3 is 10.4 Å². The molecule has 0 spiro atoms. The van der Waals surface area contributed by atoms with E-state index in [1.807, 2.05) is 39.0 Å². The van der Waals surface area contributed by atoms with Crippen LogP contribution >= 0.6 is 0 Å². The summed E-state index contributed by atoms with van der Waals surface area (Å²) in [4.78, 5) is 12.0. The number of benzene rings is 1. The second-order valence-electron chi connectivity index (χ2n) is 5.28. The summed E-state index contributed by atoms with van der Waals surface area (Å²) in [6.07, 6.45) is 0.380. The lowest BCUT2D eigenvalue weighted by Crippen LogP contribution is -2.29. The van der Waals surface area contributed by atoms with Crippen LogP contribution in [0.5, 0.6) is 0 Å². The van der Waals surface area contributed by atoms with Crippen LogP contribution in [0.25, 0.3) is 0 Å². The molecule has 0 saturated heterocycles. The molecule has 100 valence electrons. The predicted octanol–water partition coefficient (Wildman–Crippen LogP) is 2.44. The predicted molar refractivity (Wildman–Crippen MR) is 73.7 cm³/mol. The van der Waals surface area contributed by atoms with Crippen molar-refractivity contribution in [2.75, 3.05) is 6.54 Å². The number of aliphatic hydroxyl groups excluding tert-OH is 1. The summed E-state index contributed by atoms with van der Waals surface area (Å²) in [6.45, 7) is 8.35. The van der Waals surface area contributed by atoms with Crippen molar-refractivity contribution in [3.63, 3.8) is 0 Å². The van der Waals surface area contributed by atoms with E-state index in [0.717, 1.165) is 11.1 Å². The molecular formula is C15H23NO2. The average Bonchev–Trinajstić information content (AvgIpc) is 2.23. The summed E-state index contributed by atoms with van der Waals surface area (Å²) in [5, 5.41) is 12.2. The Morgan fingerprint density at radius 1 is 1.22 bits per heavy atom. The van der Waals surface area contributed by atoms with E-state index in [1.54, 1.807) is 6.92 Å². The fourth-order valence-electron chi connectivity index (χ4n) is 2.14. The van der Waals surface area contributed by atoms with Gasteiger partial charge in [-0.3, -0.25) is 4.79 Å². The molecule has 0 saturated carbocycles. The molecule has 0 aliphatic heterocycles. The molecule has 0 radical (unpaired) electrons. The minimum atomic E-state index is -0.321. The van der Waals surface area contributed by atoms with Crippen molar-refractivity contribution in [2.24, 2.45) is 5.92 Å². The summed E-state index contributed by atoms with van der Waals surface area (Å²) in [5.41, 5.74) is 2.89. The first kappa shape index (κ1) is 14.7.